The van der Waals surface area contributed by atoms with E-state index < -0.39 is 11.6 Å². The molecule has 2 aliphatic heterocycles. The summed E-state index contributed by atoms with van der Waals surface area (Å²) in [6, 6.07) is 14.0. The Bertz CT molecular complexity index is 1310. The van der Waals surface area contributed by atoms with Crippen LogP contribution in [0.3, 0.4) is 0 Å². The van der Waals surface area contributed by atoms with Gasteiger partial charge in [0, 0.05) is 25.2 Å². The molecule has 0 saturated heterocycles. The third-order valence-corrected chi connectivity index (χ3v) is 7.71. The minimum absolute atomic E-state index is 0.215. The van der Waals surface area contributed by atoms with E-state index in [4.69, 9.17) is 18.4 Å². The number of allylic oxidation sites excluding steroid dienone is 2. The quantitative estimate of drug-likeness (QED) is 0.241. The molecule has 1 unspecified atom stereocenters. The van der Waals surface area contributed by atoms with E-state index >= 15 is 0 Å². The maximum atomic E-state index is 14.0. The molecule has 8 heteroatoms. The van der Waals surface area contributed by atoms with Crippen molar-refractivity contribution in [3.05, 3.63) is 94.3 Å². The van der Waals surface area contributed by atoms with Gasteiger partial charge in [0.25, 0.3) is 0 Å². The van der Waals surface area contributed by atoms with Crippen molar-refractivity contribution in [1.29, 1.82) is 0 Å². The van der Waals surface area contributed by atoms with Gasteiger partial charge in [0.2, 0.25) is 0 Å². The fourth-order valence-electron chi connectivity index (χ4n) is 4.68. The average Bonchev–Trinajstić information content (AvgIpc) is 2.94. The van der Waals surface area contributed by atoms with Crippen molar-refractivity contribution < 1.29 is 27.2 Å². The van der Waals surface area contributed by atoms with E-state index in [1.807, 2.05) is 38.1 Å². The van der Waals surface area contributed by atoms with E-state index in [0.717, 1.165) is 55.5 Å². The highest BCUT2D eigenvalue weighted by molar-refractivity contribution is 7.95. The number of benzene rings is 3. The number of fused-ring (bicyclic) bond motifs is 4. The number of nitrogens with zero attached hydrogens (tertiary/aromatic N) is 1. The number of methoxy groups -OCH3 is 3. The van der Waals surface area contributed by atoms with E-state index in [1.54, 1.807) is 21.3 Å². The number of rotatable bonds is 6. The molecule has 0 N–H and O–H groups in total. The Labute approximate surface area is 227 Å². The summed E-state index contributed by atoms with van der Waals surface area (Å²) in [7, 11) is 4.95. The molecule has 3 aromatic rings. The Balaban J connectivity index is 0.000000505. The second kappa shape index (κ2) is 12.5. The molecule has 2 heterocycles. The maximum Gasteiger partial charge on any atom is 0.179 e. The van der Waals surface area contributed by atoms with E-state index in [1.165, 1.54) is 34.4 Å². The van der Waals surface area contributed by atoms with Gasteiger partial charge in [-0.05, 0) is 85.3 Å². The molecule has 0 saturated carbocycles. The summed E-state index contributed by atoms with van der Waals surface area (Å²) < 4.78 is 48.7. The largest absolute Gasteiger partial charge is 0.502 e. The summed E-state index contributed by atoms with van der Waals surface area (Å²) in [5.41, 5.74) is 5.07. The molecule has 0 fully saturated rings. The molecular weight excluding hydrogens is 508 g/mol. The summed E-state index contributed by atoms with van der Waals surface area (Å²) in [6.07, 6.45) is 3.77. The number of ether oxygens (including phenoxy) is 3. The van der Waals surface area contributed by atoms with Crippen LogP contribution in [0.5, 0.6) is 17.2 Å². The molecular formula is C30H33F2NO4S. The number of halogens is 2. The van der Waals surface area contributed by atoms with Gasteiger partial charge in [0.15, 0.2) is 11.5 Å². The molecule has 0 radical (unpaired) electrons. The summed E-state index contributed by atoms with van der Waals surface area (Å²) in [5, 5.41) is 0. The van der Waals surface area contributed by atoms with Gasteiger partial charge in [-0.25, -0.2) is 8.78 Å². The van der Waals surface area contributed by atoms with Crippen molar-refractivity contribution in [3.8, 4) is 17.2 Å². The van der Waals surface area contributed by atoms with Gasteiger partial charge < -0.3 is 18.4 Å². The van der Waals surface area contributed by atoms with Crippen LogP contribution in [0.25, 0.3) is 0 Å². The molecule has 1 atom stereocenters. The Kier molecular flexibility index (Phi) is 9.17. The Morgan fingerprint density at radius 3 is 2.39 bits per heavy atom. The normalized spacial score (nSPS) is 16.3. The van der Waals surface area contributed by atoms with E-state index in [2.05, 4.69) is 17.0 Å². The first kappa shape index (κ1) is 27.8. The maximum absolute atomic E-state index is 14.0. The van der Waals surface area contributed by atoms with Gasteiger partial charge in [0.1, 0.15) is 17.4 Å². The monoisotopic (exact) mass is 541 g/mol. The molecule has 2 aliphatic rings. The third kappa shape index (κ3) is 6.25. The topological polar surface area (TPSA) is 40.2 Å². The van der Waals surface area contributed by atoms with Crippen LogP contribution in [-0.4, -0.2) is 32.8 Å². The summed E-state index contributed by atoms with van der Waals surface area (Å²) in [5.74, 6) is 1.71. The molecule has 0 aromatic heterocycles. The van der Waals surface area contributed by atoms with Gasteiger partial charge in [-0.3, -0.25) is 4.90 Å². The van der Waals surface area contributed by atoms with Crippen LogP contribution in [0.4, 0.5) is 8.78 Å². The summed E-state index contributed by atoms with van der Waals surface area (Å²) in [6.45, 7) is 5.69. The fraction of sp³-hybridized carbons (Fsp3) is 0.333. The molecule has 0 aliphatic carbocycles. The first-order valence-corrected chi connectivity index (χ1v) is 13.2. The predicted octanol–water partition coefficient (Wildman–Crippen LogP) is 7.28. The van der Waals surface area contributed by atoms with Crippen molar-refractivity contribution in [2.75, 3.05) is 27.9 Å². The van der Waals surface area contributed by atoms with Gasteiger partial charge in [-0.15, -0.1) is 0 Å². The van der Waals surface area contributed by atoms with Crippen LogP contribution in [0.15, 0.2) is 65.3 Å². The molecule has 0 spiro atoms. The minimum atomic E-state index is -0.656. The Morgan fingerprint density at radius 2 is 1.74 bits per heavy atom. The molecule has 0 bridgehead atoms. The second-order valence-corrected chi connectivity index (χ2v) is 9.89. The average molecular weight is 542 g/mol. The van der Waals surface area contributed by atoms with Gasteiger partial charge >= 0.3 is 0 Å². The van der Waals surface area contributed by atoms with E-state index in [-0.39, 0.29) is 4.90 Å². The van der Waals surface area contributed by atoms with Crippen molar-refractivity contribution in [2.45, 2.75) is 44.2 Å². The molecule has 5 nitrogen and oxygen atoms in total. The molecule has 38 heavy (non-hydrogen) atoms. The van der Waals surface area contributed by atoms with Crippen molar-refractivity contribution >= 4 is 12.0 Å². The first-order chi connectivity index (χ1) is 18.4. The molecule has 0 amide bonds. The zero-order chi connectivity index (χ0) is 27.2. The fourth-order valence-corrected chi connectivity index (χ4v) is 5.25. The lowest BCUT2D eigenvalue weighted by molar-refractivity contribution is 0.160. The summed E-state index contributed by atoms with van der Waals surface area (Å²) >= 11 is 0.859. The van der Waals surface area contributed by atoms with Gasteiger partial charge in [0.05, 0.1) is 44.0 Å². The van der Waals surface area contributed by atoms with Crippen LogP contribution in [0.1, 0.15) is 42.1 Å². The first-order valence-electron chi connectivity index (χ1n) is 12.4. The zero-order valence-electron chi connectivity index (χ0n) is 22.3. The van der Waals surface area contributed by atoms with Crippen LogP contribution >= 0.6 is 12.0 Å². The van der Waals surface area contributed by atoms with Crippen LogP contribution in [0, 0.1) is 11.6 Å². The number of hydrogen-bond acceptors (Lipinski definition) is 6. The van der Waals surface area contributed by atoms with Crippen LogP contribution in [0.2, 0.25) is 0 Å². The smallest absolute Gasteiger partial charge is 0.179 e. The lowest BCUT2D eigenvalue weighted by atomic mass is 9.84. The predicted molar refractivity (Wildman–Crippen MR) is 146 cm³/mol. The minimum Gasteiger partial charge on any atom is -0.502 e. The van der Waals surface area contributed by atoms with Gasteiger partial charge in [-0.2, -0.15) is 0 Å². The second-order valence-electron chi connectivity index (χ2n) is 9.12. The van der Waals surface area contributed by atoms with Crippen molar-refractivity contribution in [3.63, 3.8) is 0 Å². The summed E-state index contributed by atoms with van der Waals surface area (Å²) in [4.78, 5) is 2.72. The molecule has 5 rings (SSSR count). The Hall–Kier alpha value is -3.23. The lowest BCUT2D eigenvalue weighted by Crippen LogP contribution is -2.39. The van der Waals surface area contributed by atoms with Crippen LogP contribution in [-0.2, 0) is 24.1 Å². The zero-order valence-corrected chi connectivity index (χ0v) is 23.2. The Morgan fingerprint density at radius 1 is 0.947 bits per heavy atom. The number of hydrogen-bond donors (Lipinski definition) is 0. The van der Waals surface area contributed by atoms with Gasteiger partial charge in [-0.1, -0.05) is 12.1 Å². The lowest BCUT2D eigenvalue weighted by Gasteiger charge is -2.41. The van der Waals surface area contributed by atoms with E-state index in [9.17, 15) is 8.78 Å². The highest BCUT2D eigenvalue weighted by atomic mass is 32.2. The SMILES string of the molecule is C/C=C(\C)OC.COc1ccc2c(c1)CCN1Cc3cc(OC)c(OSc4ccc(F)cc4F)cc3CC21. The molecule has 202 valence electrons. The third-order valence-electron chi connectivity index (χ3n) is 6.93. The standard InChI is InChI=1S/C25H23F2NO3S.C5H10O/c1-29-19-4-5-20-15(9-19)7-8-28-14-17-12-23(30-2)24(11-16(17)10-22(20)28)31-32-25-6-3-18(26)13-21(25)27;1-4-5(2)6-3/h3-6,9,11-13,22H,7-8,10,14H2,1-2H3;4H,1-3H3/b;5-4+. The molecule has 3 aromatic carbocycles. The highest BCUT2D eigenvalue weighted by Gasteiger charge is 2.33. The highest BCUT2D eigenvalue weighted by Crippen LogP contribution is 2.43. The van der Waals surface area contributed by atoms with E-state index in [0.29, 0.717) is 17.5 Å². The van der Waals surface area contributed by atoms with Crippen LogP contribution < -0.4 is 13.7 Å². The van der Waals surface area contributed by atoms with Crippen molar-refractivity contribution in [1.82, 2.24) is 4.90 Å². The van der Waals surface area contributed by atoms with Crippen molar-refractivity contribution in [2.24, 2.45) is 0 Å².